The number of benzene rings is 2. The van der Waals surface area contributed by atoms with E-state index in [0.29, 0.717) is 10.0 Å². The molecule has 0 aliphatic heterocycles. The van der Waals surface area contributed by atoms with Crippen LogP contribution in [-0.2, 0) is 0 Å². The van der Waals surface area contributed by atoms with Gasteiger partial charge < -0.3 is 10.4 Å². The van der Waals surface area contributed by atoms with Crippen LogP contribution in [0.4, 0.5) is 4.39 Å². The molecule has 1 amide bonds. The van der Waals surface area contributed by atoms with Crippen LogP contribution in [-0.4, -0.2) is 17.6 Å². The van der Waals surface area contributed by atoms with Gasteiger partial charge in [0, 0.05) is 11.0 Å². The lowest BCUT2D eigenvalue weighted by molar-refractivity contribution is 0.0911. The summed E-state index contributed by atoms with van der Waals surface area (Å²) in [6.45, 7) is 0.0175. The summed E-state index contributed by atoms with van der Waals surface area (Å²) >= 11 is 3.14. The molecule has 1 unspecified atom stereocenters. The minimum absolute atomic E-state index is 0.0175. The van der Waals surface area contributed by atoms with Crippen LogP contribution in [0.25, 0.3) is 0 Å². The Morgan fingerprint density at radius 2 is 1.90 bits per heavy atom. The molecule has 0 spiro atoms. The Hall–Kier alpha value is -1.72. The van der Waals surface area contributed by atoms with Gasteiger partial charge in [-0.1, -0.05) is 36.4 Å². The summed E-state index contributed by atoms with van der Waals surface area (Å²) in [5.74, 6) is -1.17. The average molecular weight is 338 g/mol. The number of hydrogen-bond acceptors (Lipinski definition) is 2. The van der Waals surface area contributed by atoms with Gasteiger partial charge >= 0.3 is 0 Å². The van der Waals surface area contributed by atoms with Crippen molar-refractivity contribution in [3.05, 3.63) is 69.9 Å². The number of nitrogens with one attached hydrogen (secondary N) is 1. The maximum absolute atomic E-state index is 13.6. The number of aliphatic hydroxyl groups is 1. The molecule has 0 radical (unpaired) electrons. The number of amides is 1. The first kappa shape index (κ1) is 14.7. The maximum atomic E-state index is 13.6. The highest BCUT2D eigenvalue weighted by molar-refractivity contribution is 9.10. The van der Waals surface area contributed by atoms with Crippen molar-refractivity contribution in [2.45, 2.75) is 6.10 Å². The van der Waals surface area contributed by atoms with Crippen molar-refractivity contribution in [3.8, 4) is 0 Å². The predicted octanol–water partition coefficient (Wildman–Crippen LogP) is 3.05. The highest BCUT2D eigenvalue weighted by Gasteiger charge is 2.16. The van der Waals surface area contributed by atoms with E-state index in [0.717, 1.165) is 0 Å². The SMILES string of the molecule is O=C(NCC(O)c1ccccc1)c1c(F)cccc1Br. The number of carbonyl (C=O) groups excluding carboxylic acids is 1. The normalized spacial score (nSPS) is 11.9. The molecule has 20 heavy (non-hydrogen) atoms. The Balaban J connectivity index is 2.03. The van der Waals surface area contributed by atoms with Crippen LogP contribution in [0.3, 0.4) is 0 Å². The predicted molar refractivity (Wildman–Crippen MR) is 77.8 cm³/mol. The van der Waals surface area contributed by atoms with E-state index in [1.165, 1.54) is 12.1 Å². The first-order valence-corrected chi connectivity index (χ1v) is 6.84. The van der Waals surface area contributed by atoms with Gasteiger partial charge in [-0.2, -0.15) is 0 Å². The van der Waals surface area contributed by atoms with E-state index in [-0.39, 0.29) is 12.1 Å². The summed E-state index contributed by atoms with van der Waals surface area (Å²) in [5, 5.41) is 12.5. The Morgan fingerprint density at radius 1 is 1.20 bits per heavy atom. The lowest BCUT2D eigenvalue weighted by Gasteiger charge is -2.13. The van der Waals surface area contributed by atoms with Gasteiger partial charge in [0.1, 0.15) is 5.82 Å². The molecular formula is C15H13BrFNO2. The molecule has 0 aromatic heterocycles. The second kappa shape index (κ2) is 6.63. The maximum Gasteiger partial charge on any atom is 0.255 e. The molecule has 0 bridgehead atoms. The fourth-order valence-corrected chi connectivity index (χ4v) is 2.31. The highest BCUT2D eigenvalue weighted by atomic mass is 79.9. The second-order valence-corrected chi connectivity index (χ2v) is 5.09. The summed E-state index contributed by atoms with van der Waals surface area (Å²) in [6, 6.07) is 13.3. The van der Waals surface area contributed by atoms with Gasteiger partial charge in [-0.3, -0.25) is 4.79 Å². The zero-order chi connectivity index (χ0) is 14.5. The van der Waals surface area contributed by atoms with Crippen LogP contribution in [0.1, 0.15) is 22.0 Å². The average Bonchev–Trinajstić information content (AvgIpc) is 2.45. The van der Waals surface area contributed by atoms with Crippen molar-refractivity contribution < 1.29 is 14.3 Å². The van der Waals surface area contributed by atoms with Crippen LogP contribution in [0.5, 0.6) is 0 Å². The lowest BCUT2D eigenvalue weighted by atomic mass is 10.1. The van der Waals surface area contributed by atoms with Crippen LogP contribution in [0.2, 0.25) is 0 Å². The van der Waals surface area contributed by atoms with Crippen molar-refractivity contribution >= 4 is 21.8 Å². The largest absolute Gasteiger partial charge is 0.387 e. The van der Waals surface area contributed by atoms with E-state index in [9.17, 15) is 14.3 Å². The molecule has 0 aliphatic carbocycles. The van der Waals surface area contributed by atoms with Crippen molar-refractivity contribution in [3.63, 3.8) is 0 Å². The van der Waals surface area contributed by atoms with Crippen LogP contribution in [0.15, 0.2) is 53.0 Å². The molecule has 104 valence electrons. The zero-order valence-corrected chi connectivity index (χ0v) is 12.1. The van der Waals surface area contributed by atoms with Crippen LogP contribution < -0.4 is 5.32 Å². The standard InChI is InChI=1S/C15H13BrFNO2/c16-11-7-4-8-12(17)14(11)15(20)18-9-13(19)10-5-2-1-3-6-10/h1-8,13,19H,9H2,(H,18,20). The summed E-state index contributed by atoms with van der Waals surface area (Å²) in [5.41, 5.74) is 0.633. The molecule has 2 aromatic carbocycles. The van der Waals surface area contributed by atoms with Gasteiger partial charge in [0.2, 0.25) is 0 Å². The van der Waals surface area contributed by atoms with E-state index in [1.807, 2.05) is 6.07 Å². The van der Waals surface area contributed by atoms with Crippen LogP contribution >= 0.6 is 15.9 Å². The van der Waals surface area contributed by atoms with E-state index < -0.39 is 17.8 Å². The summed E-state index contributed by atoms with van der Waals surface area (Å²) in [7, 11) is 0. The Labute approximate surface area is 124 Å². The molecule has 3 nitrogen and oxygen atoms in total. The minimum Gasteiger partial charge on any atom is -0.387 e. The molecule has 5 heteroatoms. The van der Waals surface area contributed by atoms with Gasteiger partial charge in [0.15, 0.2) is 0 Å². The van der Waals surface area contributed by atoms with Gasteiger partial charge in [0.05, 0.1) is 11.7 Å². The van der Waals surface area contributed by atoms with Crippen LogP contribution in [0, 0.1) is 5.82 Å². The molecule has 1 atom stereocenters. The quantitative estimate of drug-likeness (QED) is 0.900. The van der Waals surface area contributed by atoms with Gasteiger partial charge in [0.25, 0.3) is 5.91 Å². The number of aliphatic hydroxyl groups excluding tert-OH is 1. The third-order valence-corrected chi connectivity index (χ3v) is 3.49. The van der Waals surface area contributed by atoms with Crippen molar-refractivity contribution in [2.75, 3.05) is 6.54 Å². The van der Waals surface area contributed by atoms with Gasteiger partial charge in [-0.15, -0.1) is 0 Å². The van der Waals surface area contributed by atoms with E-state index >= 15 is 0 Å². The highest BCUT2D eigenvalue weighted by Crippen LogP contribution is 2.19. The van der Waals surface area contributed by atoms with E-state index in [2.05, 4.69) is 21.2 Å². The van der Waals surface area contributed by atoms with Crippen molar-refractivity contribution in [1.29, 1.82) is 0 Å². The summed E-state index contributed by atoms with van der Waals surface area (Å²) < 4.78 is 14.0. The zero-order valence-electron chi connectivity index (χ0n) is 10.5. The fraction of sp³-hybridized carbons (Fsp3) is 0.133. The van der Waals surface area contributed by atoms with Gasteiger partial charge in [-0.05, 0) is 33.6 Å². The number of rotatable bonds is 4. The molecule has 2 aromatic rings. The van der Waals surface area contributed by atoms with Crippen molar-refractivity contribution in [1.82, 2.24) is 5.32 Å². The molecule has 0 fully saturated rings. The molecule has 2 rings (SSSR count). The summed E-state index contributed by atoms with van der Waals surface area (Å²) in [6.07, 6.45) is -0.828. The number of halogens is 2. The number of hydrogen-bond donors (Lipinski definition) is 2. The smallest absolute Gasteiger partial charge is 0.255 e. The Bertz CT molecular complexity index is 584. The third-order valence-electron chi connectivity index (χ3n) is 2.83. The third kappa shape index (κ3) is 3.43. The second-order valence-electron chi connectivity index (χ2n) is 4.23. The molecule has 0 saturated heterocycles. The van der Waals surface area contributed by atoms with E-state index in [4.69, 9.17) is 0 Å². The minimum atomic E-state index is -0.828. The molecular weight excluding hydrogens is 325 g/mol. The van der Waals surface area contributed by atoms with E-state index in [1.54, 1.807) is 30.3 Å². The lowest BCUT2D eigenvalue weighted by Crippen LogP contribution is -2.29. The fourth-order valence-electron chi connectivity index (χ4n) is 1.79. The topological polar surface area (TPSA) is 49.3 Å². The first-order chi connectivity index (χ1) is 9.59. The monoisotopic (exact) mass is 337 g/mol. The Kier molecular flexibility index (Phi) is 4.87. The number of carbonyl (C=O) groups is 1. The molecule has 0 heterocycles. The molecule has 0 aliphatic rings. The Morgan fingerprint density at radius 3 is 2.55 bits per heavy atom. The summed E-state index contributed by atoms with van der Waals surface area (Å²) in [4.78, 5) is 11.9. The van der Waals surface area contributed by atoms with Crippen molar-refractivity contribution in [2.24, 2.45) is 0 Å². The van der Waals surface area contributed by atoms with Gasteiger partial charge in [-0.25, -0.2) is 4.39 Å². The molecule has 2 N–H and O–H groups in total. The first-order valence-electron chi connectivity index (χ1n) is 6.05. The molecule has 0 saturated carbocycles.